The molecule has 20 nitrogen and oxygen atoms in total. The summed E-state index contributed by atoms with van der Waals surface area (Å²) in [6, 6.07) is 17.2. The predicted octanol–water partition coefficient (Wildman–Crippen LogP) is -4.56. The van der Waals surface area contributed by atoms with Crippen molar-refractivity contribution in [1.82, 2.24) is 0 Å². The molecule has 0 heterocycles. The molecule has 0 saturated carbocycles. The number of non-ortho nitro benzene ring substituents is 2. The summed E-state index contributed by atoms with van der Waals surface area (Å²) < 4.78 is 67.3. The van der Waals surface area contributed by atoms with Crippen LogP contribution in [0, 0.1) is 20.2 Å². The van der Waals surface area contributed by atoms with Crippen molar-refractivity contribution in [1.29, 1.82) is 0 Å². The van der Waals surface area contributed by atoms with Crippen LogP contribution in [0.3, 0.4) is 0 Å². The van der Waals surface area contributed by atoms with Crippen LogP contribution in [-0.4, -0.2) is 35.8 Å². The summed E-state index contributed by atoms with van der Waals surface area (Å²) in [5.41, 5.74) is -1.79. The first kappa shape index (κ1) is 52.4. The van der Waals surface area contributed by atoms with E-state index < -0.39 is 62.9 Å². The van der Waals surface area contributed by atoms with Gasteiger partial charge in [-0.3, -0.25) is 20.2 Å². The van der Waals surface area contributed by atoms with Gasteiger partial charge in [0.1, 0.15) is 20.2 Å². The van der Waals surface area contributed by atoms with Crippen LogP contribution in [0.4, 0.5) is 34.1 Å². The van der Waals surface area contributed by atoms with E-state index in [1.54, 1.807) is 0 Å². The van der Waals surface area contributed by atoms with Gasteiger partial charge in [0.15, 0.2) is 0 Å². The van der Waals surface area contributed by atoms with Crippen LogP contribution in [-0.2, 0) is 37.3 Å². The van der Waals surface area contributed by atoms with Crippen molar-refractivity contribution < 1.29 is 162 Å². The standard InChI is InChI=1S/2C16H11N3O7S.Fe.3Na/c20-14-6-2-10(19(22)23)8-13(14)17-18-16-12-4-3-11(27(24,25)26)7-9(12)1-5-15(16)21;20-11-3-1-9-5-12(27(24,25)26)8-14(13(9)7-11)17-18-15-6-10(19(22)23)2-4-16(15)21;;;;/h2*1-8,20-21H,(H,24,25,26);;;;/q;;+3;3*+1/p-6. The molecule has 0 atom stereocenters. The summed E-state index contributed by atoms with van der Waals surface area (Å²) in [5, 5.41) is 84.4. The molecule has 0 aliphatic rings. The monoisotopic (exact) mass is 897 g/mol. The predicted molar refractivity (Wildman–Crippen MR) is 176 cm³/mol. The second-order valence-electron chi connectivity index (χ2n) is 10.7. The van der Waals surface area contributed by atoms with Crippen molar-refractivity contribution in [2.45, 2.75) is 9.79 Å². The first-order valence-electron chi connectivity index (χ1n) is 14.5. The van der Waals surface area contributed by atoms with Gasteiger partial charge in [-0.1, -0.05) is 65.8 Å². The number of hydrogen-bond donors (Lipinski definition) is 0. The molecule has 281 valence electrons. The third-order valence-electron chi connectivity index (χ3n) is 7.21. The van der Waals surface area contributed by atoms with E-state index >= 15 is 0 Å². The Morgan fingerprint density at radius 2 is 0.914 bits per heavy atom. The molecule has 0 saturated heterocycles. The van der Waals surface area contributed by atoms with E-state index in [4.69, 9.17) is 0 Å². The summed E-state index contributed by atoms with van der Waals surface area (Å²) in [4.78, 5) is 19.1. The summed E-state index contributed by atoms with van der Waals surface area (Å²) in [6.07, 6.45) is 0. The molecule has 26 heteroatoms. The molecular weight excluding hydrogens is 881 g/mol. The minimum absolute atomic E-state index is 0. The van der Waals surface area contributed by atoms with E-state index in [0.717, 1.165) is 72.8 Å². The fourth-order valence-electron chi connectivity index (χ4n) is 4.65. The van der Waals surface area contributed by atoms with Gasteiger partial charge in [-0.05, 0) is 35.0 Å². The first-order chi connectivity index (χ1) is 25.3. The molecule has 6 aromatic carbocycles. The molecular formula is C32H16FeN6Na3O14S2. The Balaban J connectivity index is 0.000000543. The van der Waals surface area contributed by atoms with Gasteiger partial charge in [0.05, 0.1) is 42.4 Å². The molecule has 1 radical (unpaired) electrons. The molecule has 0 unspecified atom stereocenters. The number of hydrogen-bond acceptors (Lipinski definition) is 18. The Bertz CT molecular complexity index is 2800. The molecule has 6 aromatic rings. The number of nitro groups is 2. The van der Waals surface area contributed by atoms with Gasteiger partial charge < -0.3 is 29.5 Å². The summed E-state index contributed by atoms with van der Waals surface area (Å²) in [5.74, 6) is -2.24. The Morgan fingerprint density at radius 3 is 1.43 bits per heavy atom. The van der Waals surface area contributed by atoms with Gasteiger partial charge in [0.2, 0.25) is 0 Å². The molecule has 0 aliphatic heterocycles. The largest absolute Gasteiger partial charge is 3.00 e. The van der Waals surface area contributed by atoms with Gasteiger partial charge in [0.25, 0.3) is 11.4 Å². The van der Waals surface area contributed by atoms with Crippen LogP contribution < -0.4 is 109 Å². The molecule has 0 aliphatic carbocycles. The Hall–Kier alpha value is -3.62. The minimum Gasteiger partial charge on any atom is -0.872 e. The second kappa shape index (κ2) is 21.6. The van der Waals surface area contributed by atoms with E-state index in [2.05, 4.69) is 20.5 Å². The Kier molecular flexibility index (Phi) is 19.5. The van der Waals surface area contributed by atoms with Crippen LogP contribution in [0.5, 0.6) is 23.0 Å². The smallest absolute Gasteiger partial charge is 0.872 e. The third kappa shape index (κ3) is 12.9. The maximum atomic E-state index is 12.1. The summed E-state index contributed by atoms with van der Waals surface area (Å²) in [7, 11) is -9.50. The van der Waals surface area contributed by atoms with Crippen LogP contribution in [0.1, 0.15) is 0 Å². The molecule has 6 rings (SSSR count). The van der Waals surface area contributed by atoms with E-state index in [1.165, 1.54) is 24.3 Å². The number of fused-ring (bicyclic) bond motifs is 2. The van der Waals surface area contributed by atoms with Crippen molar-refractivity contribution >= 4 is 75.9 Å². The van der Waals surface area contributed by atoms with Crippen molar-refractivity contribution in [3.05, 3.63) is 117 Å². The minimum atomic E-state index is -4.82. The van der Waals surface area contributed by atoms with Crippen molar-refractivity contribution in [2.24, 2.45) is 20.5 Å². The average Bonchev–Trinajstić information content (AvgIpc) is 3.10. The normalized spacial score (nSPS) is 11.1. The van der Waals surface area contributed by atoms with Gasteiger partial charge in [-0.15, -0.1) is 10.9 Å². The number of benzene rings is 6. The average molecular weight is 897 g/mol. The zero-order chi connectivity index (χ0) is 39.5. The maximum Gasteiger partial charge on any atom is 3.00 e. The second-order valence-corrected chi connectivity index (χ2v) is 13.5. The first-order valence-corrected chi connectivity index (χ1v) is 17.3. The van der Waals surface area contributed by atoms with Gasteiger partial charge in [-0.2, -0.15) is 15.3 Å². The van der Waals surface area contributed by atoms with Gasteiger partial charge in [-0.25, -0.2) is 16.8 Å². The fourth-order valence-corrected chi connectivity index (χ4v) is 5.69. The quantitative estimate of drug-likeness (QED) is 0.0457. The van der Waals surface area contributed by atoms with Crippen LogP contribution in [0.15, 0.2) is 127 Å². The van der Waals surface area contributed by atoms with E-state index in [9.17, 15) is 66.6 Å². The number of nitro benzene ring substituents is 2. The SMILES string of the molecule is O=[N+]([O-])c1ccc([O-])c(N=Nc2c([O-])ccc3cc(S(=O)(=O)[O-])ccc23)c1.O=[N+]([O-])c1ccc([O-])c(N=Nc2cc(S(=O)(=O)[O-])cc3ccc([O-])cc23)c1.[Fe+3].[Na+].[Na+].[Na+]. The molecule has 0 N–H and O–H groups in total. The molecule has 0 spiro atoms. The van der Waals surface area contributed by atoms with Crippen LogP contribution in [0.2, 0.25) is 0 Å². The van der Waals surface area contributed by atoms with Crippen LogP contribution >= 0.6 is 0 Å². The van der Waals surface area contributed by atoms with E-state index in [0.29, 0.717) is 0 Å². The van der Waals surface area contributed by atoms with Crippen molar-refractivity contribution in [3.8, 4) is 23.0 Å². The maximum absolute atomic E-state index is 12.1. The molecule has 0 amide bonds. The van der Waals surface area contributed by atoms with E-state index in [1.807, 2.05) is 0 Å². The topological polar surface area (TPSA) is 342 Å². The van der Waals surface area contributed by atoms with Crippen LogP contribution in [0.25, 0.3) is 21.5 Å². The molecule has 58 heavy (non-hydrogen) atoms. The van der Waals surface area contributed by atoms with Crippen molar-refractivity contribution in [2.75, 3.05) is 0 Å². The van der Waals surface area contributed by atoms with E-state index in [-0.39, 0.29) is 161 Å². The number of nitrogens with zero attached hydrogens (tertiary/aromatic N) is 6. The molecule has 0 fully saturated rings. The number of rotatable bonds is 8. The Labute approximate surface area is 403 Å². The number of azo groups is 2. The zero-order valence-electron chi connectivity index (χ0n) is 29.8. The van der Waals surface area contributed by atoms with Gasteiger partial charge >= 0.3 is 106 Å². The fraction of sp³-hybridized carbons (Fsp3) is 0. The summed E-state index contributed by atoms with van der Waals surface area (Å²) in [6.45, 7) is 0. The Morgan fingerprint density at radius 1 is 0.466 bits per heavy atom. The molecule has 0 bridgehead atoms. The van der Waals surface area contributed by atoms with Gasteiger partial charge in [0, 0.05) is 35.0 Å². The van der Waals surface area contributed by atoms with Crippen molar-refractivity contribution in [3.63, 3.8) is 0 Å². The zero-order valence-corrected chi connectivity index (χ0v) is 38.5. The third-order valence-corrected chi connectivity index (χ3v) is 8.85. The summed E-state index contributed by atoms with van der Waals surface area (Å²) >= 11 is 0. The molecule has 0 aromatic heterocycles.